The first-order chi connectivity index (χ1) is 11.0. The van der Waals surface area contributed by atoms with Crippen molar-refractivity contribution in [3.8, 4) is 0 Å². The van der Waals surface area contributed by atoms with Crippen LogP contribution in [0.15, 0.2) is 24.2 Å². The molecule has 0 amide bonds. The minimum atomic E-state index is -0.437. The Hall–Kier alpha value is -0.665. The van der Waals surface area contributed by atoms with Crippen LogP contribution in [0, 0.1) is 0 Å². The van der Waals surface area contributed by atoms with Crippen LogP contribution < -0.4 is 47.9 Å². The Morgan fingerprint density at radius 1 is 0.963 bits per heavy atom. The van der Waals surface area contributed by atoms with Crippen LogP contribution in [0.25, 0.3) is 0 Å². The summed E-state index contributed by atoms with van der Waals surface area (Å²) in [7, 11) is 1.30. The third-order valence-corrected chi connectivity index (χ3v) is 2.21. The first-order valence-corrected chi connectivity index (χ1v) is 7.49. The molecule has 0 aromatic rings. The van der Waals surface area contributed by atoms with E-state index in [4.69, 9.17) is 23.2 Å². The first kappa shape index (κ1) is 40.9. The van der Waals surface area contributed by atoms with Gasteiger partial charge in [-0.2, -0.15) is 0 Å². The van der Waals surface area contributed by atoms with Crippen LogP contribution in [0.4, 0.5) is 0 Å². The van der Waals surface area contributed by atoms with Crippen LogP contribution in [-0.2, 0) is 23.9 Å². The average molecular weight is 413 g/mol. The third-order valence-electron chi connectivity index (χ3n) is 1.69. The van der Waals surface area contributed by atoms with Crippen LogP contribution in [0.2, 0.25) is 0 Å². The van der Waals surface area contributed by atoms with Crippen molar-refractivity contribution >= 4 is 46.5 Å². The van der Waals surface area contributed by atoms with E-state index in [0.29, 0.717) is 0 Å². The Morgan fingerprint density at radius 3 is 1.56 bits per heavy atom. The SMILES string of the molecule is C.C=C([O-])/C=C(/C)[O-].CC(=O)CC(=O)CC(=O)CCl.COC(=O)CCl.[Li+].[Li+]. The third kappa shape index (κ3) is 45.9. The summed E-state index contributed by atoms with van der Waals surface area (Å²) in [6.07, 6.45) is 0.561. The molecule has 11 heteroatoms. The molecule has 0 spiro atoms. The van der Waals surface area contributed by atoms with Gasteiger partial charge in [0.05, 0.1) is 25.8 Å². The predicted octanol–water partition coefficient (Wildman–Crippen LogP) is -5.10. The number of methoxy groups -OCH3 is 1. The van der Waals surface area contributed by atoms with Crippen molar-refractivity contribution in [3.05, 3.63) is 24.2 Å². The number of carbonyl (C=O) groups is 4. The normalized spacial score (nSPS) is 8.41. The summed E-state index contributed by atoms with van der Waals surface area (Å²) in [6, 6.07) is 0. The molecule has 0 aliphatic rings. The molecule has 0 aliphatic heterocycles. The number of hydrogen-bond donors (Lipinski definition) is 0. The van der Waals surface area contributed by atoms with Crippen molar-refractivity contribution in [1.82, 2.24) is 0 Å². The van der Waals surface area contributed by atoms with Gasteiger partial charge in [-0.1, -0.05) is 20.4 Å². The van der Waals surface area contributed by atoms with Crippen LogP contribution in [-0.4, -0.2) is 42.2 Å². The van der Waals surface area contributed by atoms with E-state index in [1.54, 1.807) is 0 Å². The molecular formula is C16H24Cl2Li2O7. The van der Waals surface area contributed by atoms with E-state index in [0.717, 1.165) is 6.08 Å². The van der Waals surface area contributed by atoms with E-state index in [1.165, 1.54) is 21.0 Å². The Kier molecular flexibility index (Phi) is 41.7. The fraction of sp³-hybridized carbons (Fsp3) is 0.500. The predicted molar refractivity (Wildman–Crippen MR) is 93.0 cm³/mol. The smallest absolute Gasteiger partial charge is 0.876 e. The molecule has 0 N–H and O–H groups in total. The molecule has 0 saturated heterocycles. The zero-order valence-electron chi connectivity index (χ0n) is 15.7. The van der Waals surface area contributed by atoms with Gasteiger partial charge in [-0.3, -0.25) is 19.2 Å². The Balaban J connectivity index is -0.0000000611. The standard InChI is InChI=1S/C7H9ClO3.C5H8O2.C3H5ClO2.CH4.2Li/c1-5(9)2-6(10)3-7(11)4-8;1-4(6)3-5(2)7;1-6-3(5)2-4;;;/h2-4H2,1H3;3,6-7H,1H2,2H3;2H2,1H3;1H4;;/q;;;;2*+1/p-2/b;5-3-;;;;. The van der Waals surface area contributed by atoms with Crippen molar-refractivity contribution in [2.45, 2.75) is 34.1 Å². The van der Waals surface area contributed by atoms with Gasteiger partial charge in [-0.15, -0.1) is 41.3 Å². The van der Waals surface area contributed by atoms with Gasteiger partial charge in [-0.25, -0.2) is 0 Å². The van der Waals surface area contributed by atoms with Crippen molar-refractivity contribution in [2.24, 2.45) is 0 Å². The summed E-state index contributed by atoms with van der Waals surface area (Å²) in [6.45, 7) is 5.58. The van der Waals surface area contributed by atoms with Gasteiger partial charge in [0.1, 0.15) is 17.4 Å². The maximum absolute atomic E-state index is 10.7. The number of allylic oxidation sites excluding steroid dienone is 2. The number of esters is 1. The average Bonchev–Trinajstić information content (AvgIpc) is 2.45. The van der Waals surface area contributed by atoms with E-state index >= 15 is 0 Å². The van der Waals surface area contributed by atoms with Crippen molar-refractivity contribution < 1.29 is 71.8 Å². The maximum atomic E-state index is 10.7. The largest absolute Gasteiger partial charge is 1.00 e. The molecule has 0 atom stereocenters. The van der Waals surface area contributed by atoms with Crippen molar-refractivity contribution in [1.29, 1.82) is 0 Å². The van der Waals surface area contributed by atoms with Crippen molar-refractivity contribution in [2.75, 3.05) is 18.9 Å². The molecule has 0 unspecified atom stereocenters. The molecule has 146 valence electrons. The monoisotopic (exact) mass is 412 g/mol. The second kappa shape index (κ2) is 27.6. The molecule has 0 radical (unpaired) electrons. The summed E-state index contributed by atoms with van der Waals surface area (Å²) in [4.78, 5) is 41.4. The zero-order valence-corrected chi connectivity index (χ0v) is 17.2. The zero-order chi connectivity index (χ0) is 19.7. The van der Waals surface area contributed by atoms with Gasteiger partial charge in [0.25, 0.3) is 0 Å². The van der Waals surface area contributed by atoms with Gasteiger partial charge in [-0.05, 0) is 6.92 Å². The summed E-state index contributed by atoms with van der Waals surface area (Å²) >= 11 is 10.1. The summed E-state index contributed by atoms with van der Waals surface area (Å²) in [5.41, 5.74) is 0. The second-order valence-electron chi connectivity index (χ2n) is 4.20. The summed E-state index contributed by atoms with van der Waals surface area (Å²) in [5, 5.41) is 19.8. The quantitative estimate of drug-likeness (QED) is 0.102. The van der Waals surface area contributed by atoms with Gasteiger partial charge in [0, 0.05) is 0 Å². The molecule has 0 bridgehead atoms. The summed E-state index contributed by atoms with van der Waals surface area (Å²) in [5.74, 6) is -2.22. The van der Waals surface area contributed by atoms with Crippen LogP contribution in [0.5, 0.6) is 0 Å². The molecule has 0 aliphatic carbocycles. The van der Waals surface area contributed by atoms with Crippen LogP contribution >= 0.6 is 23.2 Å². The first-order valence-electron chi connectivity index (χ1n) is 6.42. The number of ketones is 3. The number of Topliss-reactive ketones (excluding diaryl/α,β-unsaturated/α-hetero) is 3. The molecule has 0 heterocycles. The number of halogens is 2. The molecule has 7 nitrogen and oxygen atoms in total. The van der Waals surface area contributed by atoms with Gasteiger partial charge >= 0.3 is 43.7 Å². The molecule has 0 aromatic carbocycles. The van der Waals surface area contributed by atoms with E-state index in [-0.39, 0.29) is 92.9 Å². The Labute approximate surface area is 194 Å². The number of alkyl halides is 2. The molecular weight excluding hydrogens is 389 g/mol. The fourth-order valence-electron chi connectivity index (χ4n) is 0.889. The number of hydrogen-bond acceptors (Lipinski definition) is 7. The van der Waals surface area contributed by atoms with Crippen molar-refractivity contribution in [3.63, 3.8) is 0 Å². The van der Waals surface area contributed by atoms with E-state index in [9.17, 15) is 29.4 Å². The van der Waals surface area contributed by atoms with E-state index in [1.807, 2.05) is 0 Å². The fourth-order valence-corrected chi connectivity index (χ4v) is 1.09. The Bertz CT molecular complexity index is 471. The molecule has 0 rings (SSSR count). The van der Waals surface area contributed by atoms with E-state index < -0.39 is 11.7 Å². The van der Waals surface area contributed by atoms with Gasteiger partial charge in [0.15, 0.2) is 5.78 Å². The number of ether oxygens (including phenoxy) is 1. The minimum Gasteiger partial charge on any atom is -0.876 e. The molecule has 0 saturated carbocycles. The molecule has 0 aromatic heterocycles. The summed E-state index contributed by atoms with van der Waals surface area (Å²) < 4.78 is 4.13. The second-order valence-corrected chi connectivity index (χ2v) is 4.73. The maximum Gasteiger partial charge on any atom is 1.00 e. The topological polar surface area (TPSA) is 124 Å². The Morgan fingerprint density at radius 2 is 1.41 bits per heavy atom. The van der Waals surface area contributed by atoms with Gasteiger partial charge < -0.3 is 14.9 Å². The minimum absolute atomic E-state index is 0. The molecule has 27 heavy (non-hydrogen) atoms. The molecule has 0 fully saturated rings. The van der Waals surface area contributed by atoms with Crippen LogP contribution in [0.3, 0.4) is 0 Å². The van der Waals surface area contributed by atoms with Crippen LogP contribution in [0.1, 0.15) is 34.1 Å². The number of rotatable bonds is 7. The number of carbonyl (C=O) groups excluding carboxylic acids is 4. The van der Waals surface area contributed by atoms with Gasteiger partial charge in [0.2, 0.25) is 0 Å². The van der Waals surface area contributed by atoms with E-state index in [2.05, 4.69) is 11.3 Å².